The Morgan fingerprint density at radius 2 is 2.31 bits per heavy atom. The van der Waals surface area contributed by atoms with E-state index in [0.717, 1.165) is 0 Å². The van der Waals surface area contributed by atoms with E-state index in [0.29, 0.717) is 5.16 Å². The molecule has 0 saturated carbocycles. The first-order valence-corrected chi connectivity index (χ1v) is 6.11. The maximum Gasteiger partial charge on any atom is 0.266 e. The molecule has 0 saturated heterocycles. The van der Waals surface area contributed by atoms with Gasteiger partial charge < -0.3 is 0 Å². The largest absolute Gasteiger partial charge is 0.285 e. The zero-order chi connectivity index (χ0) is 9.90. The van der Waals surface area contributed by atoms with E-state index in [2.05, 4.69) is 15.5 Å². The molecule has 0 unspecified atom stereocenters. The third-order valence-corrected chi connectivity index (χ3v) is 2.60. The molecule has 0 atom stereocenters. The van der Waals surface area contributed by atoms with Gasteiger partial charge in [0.1, 0.15) is 0 Å². The summed E-state index contributed by atoms with van der Waals surface area (Å²) in [5.74, 6) is -0.383. The number of aromatic nitrogens is 4. The lowest BCUT2D eigenvalue weighted by molar-refractivity contribution is 0.471. The Labute approximate surface area is 79.3 Å². The van der Waals surface area contributed by atoms with Gasteiger partial charge in [-0.1, -0.05) is 11.8 Å². The number of nitrogens with zero attached hydrogens (tertiary/aromatic N) is 4. The fourth-order valence-corrected chi connectivity index (χ4v) is 1.55. The maximum atomic E-state index is 10.4. The molecule has 0 bridgehead atoms. The summed E-state index contributed by atoms with van der Waals surface area (Å²) >= 11 is 1.30. The molecule has 7 nitrogen and oxygen atoms in total. The number of aryl methyl sites for hydroxylation is 1. The van der Waals surface area contributed by atoms with Crippen molar-refractivity contribution >= 4 is 21.9 Å². The molecule has 1 N–H and O–H groups in total. The van der Waals surface area contributed by atoms with Crippen LogP contribution in [0.2, 0.25) is 0 Å². The van der Waals surface area contributed by atoms with Crippen molar-refractivity contribution in [1.82, 2.24) is 20.2 Å². The smallest absolute Gasteiger partial charge is 0.266 e. The van der Waals surface area contributed by atoms with E-state index in [-0.39, 0.29) is 12.3 Å². The second kappa shape index (κ2) is 4.03. The topological polar surface area (TPSA) is 98.0 Å². The van der Waals surface area contributed by atoms with E-state index in [1.54, 1.807) is 6.26 Å². The average Bonchev–Trinajstić information content (AvgIpc) is 2.46. The van der Waals surface area contributed by atoms with Gasteiger partial charge in [-0.15, -0.1) is 5.10 Å². The van der Waals surface area contributed by atoms with Gasteiger partial charge in [-0.05, 0) is 16.7 Å². The Balaban J connectivity index is 2.64. The van der Waals surface area contributed by atoms with Crippen LogP contribution in [0.5, 0.6) is 0 Å². The fourth-order valence-electron chi connectivity index (χ4n) is 0.685. The lowest BCUT2D eigenvalue weighted by Gasteiger charge is -1.99. The predicted molar refractivity (Wildman–Crippen MR) is 46.0 cm³/mol. The van der Waals surface area contributed by atoms with E-state index < -0.39 is 10.1 Å². The van der Waals surface area contributed by atoms with Gasteiger partial charge in [0, 0.05) is 0 Å². The first-order chi connectivity index (χ1) is 6.03. The molecule has 0 aliphatic heterocycles. The molecule has 9 heteroatoms. The van der Waals surface area contributed by atoms with E-state index in [4.69, 9.17) is 4.55 Å². The van der Waals surface area contributed by atoms with Gasteiger partial charge in [0.05, 0.1) is 12.3 Å². The highest BCUT2D eigenvalue weighted by atomic mass is 32.2. The number of hydrogen-bond acceptors (Lipinski definition) is 6. The van der Waals surface area contributed by atoms with Crippen LogP contribution in [0.15, 0.2) is 5.16 Å². The molecular weight excluding hydrogens is 216 g/mol. The predicted octanol–water partition coefficient (Wildman–Crippen LogP) is -0.717. The Bertz CT molecular complexity index is 372. The summed E-state index contributed by atoms with van der Waals surface area (Å²) in [7, 11) is -3.95. The van der Waals surface area contributed by atoms with Gasteiger partial charge in [0.15, 0.2) is 0 Å². The molecule has 74 valence electrons. The van der Waals surface area contributed by atoms with Crippen LogP contribution >= 0.6 is 11.8 Å². The zero-order valence-corrected chi connectivity index (χ0v) is 8.42. The molecule has 1 rings (SSSR count). The number of rotatable bonds is 4. The van der Waals surface area contributed by atoms with Crippen molar-refractivity contribution in [2.75, 3.05) is 12.0 Å². The summed E-state index contributed by atoms with van der Waals surface area (Å²) < 4.78 is 30.6. The summed E-state index contributed by atoms with van der Waals surface area (Å²) in [5.41, 5.74) is 0. The minimum absolute atomic E-state index is 0.0575. The minimum atomic E-state index is -3.95. The third kappa shape index (κ3) is 3.28. The van der Waals surface area contributed by atoms with E-state index in [9.17, 15) is 8.42 Å². The van der Waals surface area contributed by atoms with Crippen molar-refractivity contribution in [1.29, 1.82) is 0 Å². The van der Waals surface area contributed by atoms with Crippen molar-refractivity contribution in [2.45, 2.75) is 11.7 Å². The van der Waals surface area contributed by atoms with Crippen LogP contribution in [-0.4, -0.2) is 45.2 Å². The quantitative estimate of drug-likeness (QED) is 0.532. The van der Waals surface area contributed by atoms with E-state index >= 15 is 0 Å². The average molecular weight is 224 g/mol. The lowest BCUT2D eigenvalue weighted by Crippen LogP contribution is -2.13. The molecule has 1 aromatic rings. The molecule has 0 spiro atoms. The standard InChI is InChI=1S/C4H8N4O3S2/c1-12-4-5-6-7-8(4)2-3-13(9,10)11/h2-3H2,1H3,(H,9,10,11). The van der Waals surface area contributed by atoms with Gasteiger partial charge in [0.25, 0.3) is 10.1 Å². The molecular formula is C4H8N4O3S2. The Kier molecular flexibility index (Phi) is 3.22. The van der Waals surface area contributed by atoms with Gasteiger partial charge in [0.2, 0.25) is 5.16 Å². The summed E-state index contributed by atoms with van der Waals surface area (Å²) in [6.07, 6.45) is 1.77. The SMILES string of the molecule is CSc1nnnn1CCS(=O)(=O)O. The van der Waals surface area contributed by atoms with Gasteiger partial charge >= 0.3 is 0 Å². The Morgan fingerprint density at radius 1 is 1.62 bits per heavy atom. The van der Waals surface area contributed by atoms with Gasteiger partial charge in [-0.25, -0.2) is 4.68 Å². The molecule has 13 heavy (non-hydrogen) atoms. The molecule has 0 aromatic carbocycles. The second-order valence-corrected chi connectivity index (χ2v) is 4.52. The first kappa shape index (κ1) is 10.4. The monoisotopic (exact) mass is 224 g/mol. The first-order valence-electron chi connectivity index (χ1n) is 3.28. The third-order valence-electron chi connectivity index (χ3n) is 1.24. The summed E-state index contributed by atoms with van der Waals surface area (Å²) in [4.78, 5) is 0. The number of tetrazole rings is 1. The van der Waals surface area contributed by atoms with E-state index in [1.165, 1.54) is 16.4 Å². The number of hydrogen-bond donors (Lipinski definition) is 1. The second-order valence-electron chi connectivity index (χ2n) is 2.17. The molecule has 0 aliphatic rings. The van der Waals surface area contributed by atoms with E-state index in [1.807, 2.05) is 0 Å². The summed E-state index contributed by atoms with van der Waals surface area (Å²) in [6.45, 7) is 0.0575. The van der Waals surface area contributed by atoms with Crippen LogP contribution in [0.4, 0.5) is 0 Å². The van der Waals surface area contributed by atoms with Crippen molar-refractivity contribution in [2.24, 2.45) is 0 Å². The molecule has 0 radical (unpaired) electrons. The van der Waals surface area contributed by atoms with Crippen LogP contribution in [0, 0.1) is 0 Å². The lowest BCUT2D eigenvalue weighted by atomic mass is 10.8. The van der Waals surface area contributed by atoms with Crippen LogP contribution in [0.1, 0.15) is 0 Å². The van der Waals surface area contributed by atoms with Crippen LogP contribution in [0.3, 0.4) is 0 Å². The molecule has 1 aromatic heterocycles. The van der Waals surface area contributed by atoms with Gasteiger partial charge in [-0.2, -0.15) is 8.42 Å². The van der Waals surface area contributed by atoms with Crippen molar-refractivity contribution < 1.29 is 13.0 Å². The highest BCUT2D eigenvalue weighted by Gasteiger charge is 2.09. The number of thioether (sulfide) groups is 1. The minimum Gasteiger partial charge on any atom is -0.285 e. The maximum absolute atomic E-state index is 10.4. The van der Waals surface area contributed by atoms with Crippen LogP contribution in [-0.2, 0) is 16.7 Å². The van der Waals surface area contributed by atoms with Crippen LogP contribution in [0.25, 0.3) is 0 Å². The molecule has 0 aliphatic carbocycles. The Morgan fingerprint density at radius 3 is 2.85 bits per heavy atom. The zero-order valence-electron chi connectivity index (χ0n) is 6.78. The Hall–Kier alpha value is -0.670. The molecule has 0 amide bonds. The highest BCUT2D eigenvalue weighted by molar-refractivity contribution is 7.98. The van der Waals surface area contributed by atoms with Crippen molar-refractivity contribution in [3.8, 4) is 0 Å². The van der Waals surface area contributed by atoms with Gasteiger partial charge in [-0.3, -0.25) is 4.55 Å². The highest BCUT2D eigenvalue weighted by Crippen LogP contribution is 2.07. The summed E-state index contributed by atoms with van der Waals surface area (Å²) in [6, 6.07) is 0. The van der Waals surface area contributed by atoms with Crippen molar-refractivity contribution in [3.05, 3.63) is 0 Å². The van der Waals surface area contributed by atoms with Crippen LogP contribution < -0.4 is 0 Å². The normalized spacial score (nSPS) is 11.8. The molecule has 1 heterocycles. The fraction of sp³-hybridized carbons (Fsp3) is 0.750. The van der Waals surface area contributed by atoms with Crippen molar-refractivity contribution in [3.63, 3.8) is 0 Å². The molecule has 0 fully saturated rings. The summed E-state index contributed by atoms with van der Waals surface area (Å²) in [5, 5.41) is 11.0.